The number of nitrogens with zero attached hydrogens (tertiary/aromatic N) is 2. The number of rotatable bonds is 5. The number of esters is 1. The fourth-order valence-corrected chi connectivity index (χ4v) is 4.04. The molecule has 1 saturated heterocycles. The summed E-state index contributed by atoms with van der Waals surface area (Å²) < 4.78 is 25.0. The average molecular weight is 486 g/mol. The minimum Gasteiger partial charge on any atom is -0.455 e. The maximum Gasteiger partial charge on any atom is 0.410 e. The molecule has 2 unspecified atom stereocenters. The second-order valence-electron chi connectivity index (χ2n) is 9.96. The molecule has 2 aliphatic heterocycles. The van der Waals surface area contributed by atoms with E-state index in [1.807, 2.05) is 31.1 Å². The molecule has 3 atom stereocenters. The normalized spacial score (nSPS) is 21.1. The summed E-state index contributed by atoms with van der Waals surface area (Å²) in [6.45, 7) is 5.86. The highest BCUT2D eigenvalue weighted by molar-refractivity contribution is 5.90. The standard InChI is InChI=1S/C25H32FN5O4/c1-25(2,3)35-24(33)31-13-20(29-23-27-18-11-8-16(26)12-19(18)28-23)21(14-31)34-22(32)15-6-9-17(10-7-15)30(4)5/h6-12,20-21,23,27-29H,13-14H2,1-5H3/t20?,21-,23?/m0/s1. The molecule has 2 aromatic rings. The van der Waals surface area contributed by atoms with Crippen LogP contribution in [-0.2, 0) is 9.47 Å². The summed E-state index contributed by atoms with van der Waals surface area (Å²) >= 11 is 0. The highest BCUT2D eigenvalue weighted by atomic mass is 19.1. The number of likely N-dealkylation sites (tertiary alicyclic amines) is 1. The predicted octanol–water partition coefficient (Wildman–Crippen LogP) is 3.45. The number of carbonyl (C=O) groups excluding carboxylic acids is 2. The quantitative estimate of drug-likeness (QED) is 0.555. The zero-order valence-electron chi connectivity index (χ0n) is 20.6. The van der Waals surface area contributed by atoms with Crippen molar-refractivity contribution in [1.82, 2.24) is 10.2 Å². The van der Waals surface area contributed by atoms with Gasteiger partial charge in [-0.2, -0.15) is 0 Å². The van der Waals surface area contributed by atoms with Gasteiger partial charge in [0, 0.05) is 26.3 Å². The van der Waals surface area contributed by atoms with E-state index in [4.69, 9.17) is 9.47 Å². The monoisotopic (exact) mass is 485 g/mol. The minimum absolute atomic E-state index is 0.183. The van der Waals surface area contributed by atoms with Crippen LogP contribution in [-0.4, -0.2) is 68.2 Å². The fraction of sp³-hybridized carbons (Fsp3) is 0.440. The van der Waals surface area contributed by atoms with E-state index in [-0.39, 0.29) is 18.9 Å². The van der Waals surface area contributed by atoms with Crippen LogP contribution < -0.4 is 20.9 Å². The Morgan fingerprint density at radius 1 is 1.06 bits per heavy atom. The van der Waals surface area contributed by atoms with E-state index in [9.17, 15) is 14.0 Å². The average Bonchev–Trinajstić information content (AvgIpc) is 3.36. The lowest BCUT2D eigenvalue weighted by Gasteiger charge is -2.25. The number of fused-ring (bicyclic) bond motifs is 1. The van der Waals surface area contributed by atoms with Crippen LogP contribution in [0.25, 0.3) is 0 Å². The molecular weight excluding hydrogens is 453 g/mol. The molecule has 0 radical (unpaired) electrons. The van der Waals surface area contributed by atoms with Crippen LogP contribution in [0.1, 0.15) is 31.1 Å². The van der Waals surface area contributed by atoms with E-state index in [1.54, 1.807) is 39.0 Å². The first-order valence-corrected chi connectivity index (χ1v) is 11.5. The molecular formula is C25H32FN5O4. The maximum atomic E-state index is 13.6. The Hall–Kier alpha value is -3.53. The number of anilines is 3. The maximum absolute atomic E-state index is 13.6. The van der Waals surface area contributed by atoms with Gasteiger partial charge in [0.2, 0.25) is 0 Å². The third kappa shape index (κ3) is 5.94. The molecule has 35 heavy (non-hydrogen) atoms. The van der Waals surface area contributed by atoms with Gasteiger partial charge in [0.05, 0.1) is 29.5 Å². The Balaban J connectivity index is 1.47. The molecule has 0 aromatic heterocycles. The molecule has 10 heteroatoms. The van der Waals surface area contributed by atoms with Gasteiger partial charge < -0.3 is 29.9 Å². The SMILES string of the molecule is CN(C)c1ccc(C(=O)O[C@H]2CN(C(=O)OC(C)(C)C)CC2NC2Nc3ccc(F)cc3N2)cc1. The minimum atomic E-state index is -0.650. The summed E-state index contributed by atoms with van der Waals surface area (Å²) in [5, 5.41) is 9.73. The lowest BCUT2D eigenvalue weighted by atomic mass is 10.2. The summed E-state index contributed by atoms with van der Waals surface area (Å²) in [6.07, 6.45) is -1.53. The highest BCUT2D eigenvalue weighted by Gasteiger charge is 2.41. The summed E-state index contributed by atoms with van der Waals surface area (Å²) in [5.41, 5.74) is 2.11. The van der Waals surface area contributed by atoms with Crippen LogP contribution in [0, 0.1) is 5.82 Å². The van der Waals surface area contributed by atoms with E-state index >= 15 is 0 Å². The van der Waals surface area contributed by atoms with Crippen LogP contribution in [0.5, 0.6) is 0 Å². The molecule has 0 aliphatic carbocycles. The molecule has 2 heterocycles. The van der Waals surface area contributed by atoms with Gasteiger partial charge in [0.15, 0.2) is 6.29 Å². The highest BCUT2D eigenvalue weighted by Crippen LogP contribution is 2.29. The largest absolute Gasteiger partial charge is 0.455 e. The van der Waals surface area contributed by atoms with Crippen molar-refractivity contribution >= 4 is 29.1 Å². The second-order valence-corrected chi connectivity index (χ2v) is 9.96. The van der Waals surface area contributed by atoms with Crippen molar-refractivity contribution in [2.75, 3.05) is 42.7 Å². The van der Waals surface area contributed by atoms with Gasteiger partial charge in [-0.3, -0.25) is 5.32 Å². The van der Waals surface area contributed by atoms with Crippen LogP contribution >= 0.6 is 0 Å². The van der Waals surface area contributed by atoms with Crippen LogP contribution in [0.3, 0.4) is 0 Å². The van der Waals surface area contributed by atoms with E-state index in [2.05, 4.69) is 16.0 Å². The molecule has 1 fully saturated rings. The fourth-order valence-electron chi connectivity index (χ4n) is 4.04. The number of hydrogen-bond donors (Lipinski definition) is 3. The predicted molar refractivity (Wildman–Crippen MR) is 132 cm³/mol. The molecule has 2 aromatic carbocycles. The molecule has 9 nitrogen and oxygen atoms in total. The Morgan fingerprint density at radius 2 is 1.74 bits per heavy atom. The molecule has 4 rings (SSSR count). The molecule has 188 valence electrons. The zero-order valence-corrected chi connectivity index (χ0v) is 20.6. The number of nitrogens with one attached hydrogen (secondary N) is 3. The lowest BCUT2D eigenvalue weighted by molar-refractivity contribution is 0.0176. The van der Waals surface area contributed by atoms with Gasteiger partial charge in [0.25, 0.3) is 0 Å². The number of hydrogen-bond acceptors (Lipinski definition) is 8. The lowest BCUT2D eigenvalue weighted by Crippen LogP contribution is -2.51. The number of ether oxygens (including phenoxy) is 2. The number of carbonyl (C=O) groups is 2. The topological polar surface area (TPSA) is 95.2 Å². The molecule has 3 N–H and O–H groups in total. The van der Waals surface area contributed by atoms with Crippen molar-refractivity contribution in [1.29, 1.82) is 0 Å². The van der Waals surface area contributed by atoms with Gasteiger partial charge in [-0.1, -0.05) is 0 Å². The van der Waals surface area contributed by atoms with Gasteiger partial charge in [-0.25, -0.2) is 14.0 Å². The van der Waals surface area contributed by atoms with Crippen LogP contribution in [0.15, 0.2) is 42.5 Å². The summed E-state index contributed by atoms with van der Waals surface area (Å²) in [6, 6.07) is 11.2. The first kappa shape index (κ1) is 24.6. The summed E-state index contributed by atoms with van der Waals surface area (Å²) in [5.74, 6) is -0.821. The van der Waals surface area contributed by atoms with Crippen molar-refractivity contribution in [3.8, 4) is 0 Å². The van der Waals surface area contributed by atoms with Gasteiger partial charge in [-0.15, -0.1) is 0 Å². The van der Waals surface area contributed by atoms with Gasteiger partial charge in [-0.05, 0) is 63.2 Å². The Bertz CT molecular complexity index is 1090. The van der Waals surface area contributed by atoms with Gasteiger partial charge in [0.1, 0.15) is 17.5 Å². The molecule has 0 bridgehead atoms. The van der Waals surface area contributed by atoms with E-state index < -0.39 is 36.1 Å². The third-order valence-electron chi connectivity index (χ3n) is 5.76. The number of amides is 1. The molecule has 1 amide bonds. The molecule has 0 spiro atoms. The van der Waals surface area contributed by atoms with Crippen molar-refractivity contribution < 1.29 is 23.5 Å². The van der Waals surface area contributed by atoms with Crippen LogP contribution in [0.4, 0.5) is 26.2 Å². The van der Waals surface area contributed by atoms with Crippen molar-refractivity contribution in [3.05, 3.63) is 53.8 Å². The first-order valence-electron chi connectivity index (χ1n) is 11.5. The van der Waals surface area contributed by atoms with Gasteiger partial charge >= 0.3 is 12.1 Å². The van der Waals surface area contributed by atoms with E-state index in [0.29, 0.717) is 11.3 Å². The number of benzene rings is 2. The summed E-state index contributed by atoms with van der Waals surface area (Å²) in [4.78, 5) is 29.1. The first-order chi connectivity index (χ1) is 16.5. The Kier molecular flexibility index (Phi) is 6.75. The smallest absolute Gasteiger partial charge is 0.410 e. The van der Waals surface area contributed by atoms with E-state index in [0.717, 1.165) is 11.4 Å². The van der Waals surface area contributed by atoms with Crippen molar-refractivity contribution in [2.45, 2.75) is 44.8 Å². The Morgan fingerprint density at radius 3 is 2.40 bits per heavy atom. The molecule has 2 aliphatic rings. The summed E-state index contributed by atoms with van der Waals surface area (Å²) in [7, 11) is 3.84. The Labute approximate surface area is 204 Å². The van der Waals surface area contributed by atoms with Crippen molar-refractivity contribution in [3.63, 3.8) is 0 Å². The third-order valence-corrected chi connectivity index (χ3v) is 5.76. The van der Waals surface area contributed by atoms with E-state index in [1.165, 1.54) is 17.0 Å². The number of halogens is 1. The molecule has 0 saturated carbocycles. The van der Waals surface area contributed by atoms with Crippen LogP contribution in [0.2, 0.25) is 0 Å². The van der Waals surface area contributed by atoms with Crippen molar-refractivity contribution in [2.24, 2.45) is 0 Å². The zero-order chi connectivity index (χ0) is 25.3. The second kappa shape index (κ2) is 9.61.